The van der Waals surface area contributed by atoms with Gasteiger partial charge in [0, 0.05) is 33.3 Å². The first-order valence-electron chi connectivity index (χ1n) is 28.4. The molecule has 1 atom stereocenters. The average molecular weight is 1050 g/mol. The summed E-state index contributed by atoms with van der Waals surface area (Å²) < 4.78 is 4.73. The Kier molecular flexibility index (Phi) is 10.3. The van der Waals surface area contributed by atoms with Crippen molar-refractivity contribution in [2.45, 2.75) is 5.41 Å². The van der Waals surface area contributed by atoms with Crippen LogP contribution in [-0.2, 0) is 5.41 Å². The third-order valence-electron chi connectivity index (χ3n) is 17.8. The summed E-state index contributed by atoms with van der Waals surface area (Å²) in [5, 5.41) is 16.7. The van der Waals surface area contributed by atoms with Crippen molar-refractivity contribution < 1.29 is 0 Å². The first-order chi connectivity index (χ1) is 41.1. The van der Waals surface area contributed by atoms with E-state index in [0.717, 1.165) is 122 Å². The van der Waals surface area contributed by atoms with Gasteiger partial charge in [0.2, 0.25) is 0 Å². The SMILES string of the molecule is N#Cc1c(-n2c3ccc(-c4ccccc4)cc3c3cc(-c4ccccc4)ccc32)cc(-c2cccc3c2-c2ccccc2C32c3ccccc3-c3ncccc32)cc1-n1c2ccc(-c3ccccc3)cc2c2cc(-c3ccccc3)ccc21. The lowest BCUT2D eigenvalue weighted by molar-refractivity contribution is 0.791. The van der Waals surface area contributed by atoms with Crippen LogP contribution in [0.2, 0.25) is 0 Å². The molecule has 17 rings (SSSR count). The van der Waals surface area contributed by atoms with E-state index in [2.05, 4.69) is 300 Å². The lowest BCUT2D eigenvalue weighted by atomic mass is 9.70. The fourth-order valence-corrected chi connectivity index (χ4v) is 14.3. The summed E-state index contributed by atoms with van der Waals surface area (Å²) in [5.74, 6) is 0. The second kappa shape index (κ2) is 18.2. The van der Waals surface area contributed by atoms with Crippen LogP contribution in [0, 0.1) is 11.3 Å². The minimum atomic E-state index is -0.597. The Morgan fingerprint density at radius 1 is 0.301 bits per heavy atom. The van der Waals surface area contributed by atoms with E-state index in [1.165, 1.54) is 33.4 Å². The van der Waals surface area contributed by atoms with Gasteiger partial charge in [0.15, 0.2) is 0 Å². The lowest BCUT2D eigenvalue weighted by Crippen LogP contribution is -2.25. The molecule has 1 spiro atoms. The second-order valence-corrected chi connectivity index (χ2v) is 22.0. The highest BCUT2D eigenvalue weighted by molar-refractivity contribution is 6.14. The molecule has 0 amide bonds. The van der Waals surface area contributed by atoms with Crippen LogP contribution in [-0.4, -0.2) is 14.1 Å². The van der Waals surface area contributed by atoms with Gasteiger partial charge in [0.25, 0.3) is 0 Å². The first-order valence-corrected chi connectivity index (χ1v) is 28.4. The molecule has 0 radical (unpaired) electrons. The Morgan fingerprint density at radius 2 is 0.675 bits per heavy atom. The van der Waals surface area contributed by atoms with Gasteiger partial charge >= 0.3 is 0 Å². The number of nitrogens with zero attached hydrogens (tertiary/aromatic N) is 4. The molecule has 2 aliphatic rings. The number of pyridine rings is 1. The summed E-state index contributed by atoms with van der Waals surface area (Å²) in [5.41, 5.74) is 26.3. The summed E-state index contributed by atoms with van der Waals surface area (Å²) in [6.45, 7) is 0. The van der Waals surface area contributed by atoms with Crippen molar-refractivity contribution in [3.8, 4) is 95.5 Å². The number of benzene rings is 12. The van der Waals surface area contributed by atoms with E-state index in [9.17, 15) is 5.26 Å². The number of rotatable bonds is 7. The third-order valence-corrected chi connectivity index (χ3v) is 17.8. The van der Waals surface area contributed by atoms with E-state index < -0.39 is 5.41 Å². The van der Waals surface area contributed by atoms with Crippen molar-refractivity contribution in [3.05, 3.63) is 319 Å². The zero-order chi connectivity index (χ0) is 54.8. The molecule has 4 nitrogen and oxygen atoms in total. The molecule has 0 bridgehead atoms. The summed E-state index contributed by atoms with van der Waals surface area (Å²) >= 11 is 0. The molecule has 2 aliphatic carbocycles. The van der Waals surface area contributed by atoms with Crippen molar-refractivity contribution in [2.75, 3.05) is 0 Å². The topological polar surface area (TPSA) is 46.5 Å². The number of fused-ring (bicyclic) bond motifs is 16. The lowest BCUT2D eigenvalue weighted by Gasteiger charge is -2.30. The summed E-state index contributed by atoms with van der Waals surface area (Å²) in [7, 11) is 0. The van der Waals surface area contributed by atoms with E-state index in [4.69, 9.17) is 4.98 Å². The van der Waals surface area contributed by atoms with E-state index in [1.54, 1.807) is 0 Å². The van der Waals surface area contributed by atoms with Gasteiger partial charge in [-0.15, -0.1) is 0 Å². The Hall–Kier alpha value is -11.1. The van der Waals surface area contributed by atoms with Gasteiger partial charge in [0.1, 0.15) is 11.6 Å². The highest BCUT2D eigenvalue weighted by Crippen LogP contribution is 2.64. The van der Waals surface area contributed by atoms with Gasteiger partial charge in [-0.2, -0.15) is 5.26 Å². The van der Waals surface area contributed by atoms with Crippen molar-refractivity contribution in [1.29, 1.82) is 5.26 Å². The van der Waals surface area contributed by atoms with Crippen LogP contribution < -0.4 is 0 Å². The van der Waals surface area contributed by atoms with Crippen molar-refractivity contribution in [1.82, 2.24) is 14.1 Å². The van der Waals surface area contributed by atoms with Gasteiger partial charge in [-0.25, -0.2) is 0 Å². The van der Waals surface area contributed by atoms with Gasteiger partial charge in [-0.3, -0.25) is 4.98 Å². The maximum Gasteiger partial charge on any atom is 0.104 e. The highest BCUT2D eigenvalue weighted by Gasteiger charge is 2.52. The Balaban J connectivity index is 1.00. The molecule has 0 N–H and O–H groups in total. The number of hydrogen-bond acceptors (Lipinski definition) is 2. The second-order valence-electron chi connectivity index (χ2n) is 22.0. The van der Waals surface area contributed by atoms with Crippen LogP contribution in [0.15, 0.2) is 291 Å². The van der Waals surface area contributed by atoms with Gasteiger partial charge in [-0.1, -0.05) is 218 Å². The molecule has 0 fully saturated rings. The maximum absolute atomic E-state index is 12.2. The zero-order valence-corrected chi connectivity index (χ0v) is 45.0. The van der Waals surface area contributed by atoms with E-state index >= 15 is 0 Å². The Morgan fingerprint density at radius 3 is 1.12 bits per heavy atom. The minimum Gasteiger partial charge on any atom is -0.308 e. The molecule has 4 heteroatoms. The number of aromatic nitrogens is 3. The van der Waals surface area contributed by atoms with E-state index in [1.807, 2.05) is 6.20 Å². The average Bonchev–Trinajstić information content (AvgIpc) is 1.71. The largest absolute Gasteiger partial charge is 0.308 e. The molecular weight excluding hydrogens is 1000 g/mol. The molecule has 0 saturated heterocycles. The van der Waals surface area contributed by atoms with Gasteiger partial charge in [-0.05, 0) is 156 Å². The molecule has 83 heavy (non-hydrogen) atoms. The smallest absolute Gasteiger partial charge is 0.104 e. The monoisotopic (exact) mass is 1050 g/mol. The van der Waals surface area contributed by atoms with Crippen molar-refractivity contribution in [2.24, 2.45) is 0 Å². The fourth-order valence-electron chi connectivity index (χ4n) is 14.3. The maximum atomic E-state index is 12.2. The number of hydrogen-bond donors (Lipinski definition) is 0. The van der Waals surface area contributed by atoms with Gasteiger partial charge in [0.05, 0.1) is 44.6 Å². The summed E-state index contributed by atoms with van der Waals surface area (Å²) in [4.78, 5) is 5.10. The summed E-state index contributed by atoms with van der Waals surface area (Å²) in [6, 6.07) is 106. The van der Waals surface area contributed by atoms with Crippen LogP contribution in [0.3, 0.4) is 0 Å². The van der Waals surface area contributed by atoms with Crippen LogP contribution in [0.5, 0.6) is 0 Å². The van der Waals surface area contributed by atoms with Crippen LogP contribution in [0.25, 0.3) is 133 Å². The molecule has 12 aromatic carbocycles. The molecule has 1 unspecified atom stereocenters. The summed E-state index contributed by atoms with van der Waals surface area (Å²) in [6.07, 6.45) is 1.92. The molecule has 3 aromatic heterocycles. The number of nitriles is 1. The quantitative estimate of drug-likeness (QED) is 0.160. The predicted octanol–water partition coefficient (Wildman–Crippen LogP) is 19.8. The van der Waals surface area contributed by atoms with Crippen molar-refractivity contribution in [3.63, 3.8) is 0 Å². The van der Waals surface area contributed by atoms with E-state index in [0.29, 0.717) is 5.56 Å². The zero-order valence-electron chi connectivity index (χ0n) is 45.0. The Bertz CT molecular complexity index is 4740. The molecule has 0 aliphatic heterocycles. The minimum absolute atomic E-state index is 0.569. The normalized spacial score (nSPS) is 13.8. The van der Waals surface area contributed by atoms with Gasteiger partial charge < -0.3 is 9.13 Å². The predicted molar refractivity (Wildman–Crippen MR) is 341 cm³/mol. The Labute approximate surface area is 480 Å². The highest BCUT2D eigenvalue weighted by atomic mass is 15.0. The van der Waals surface area contributed by atoms with Crippen LogP contribution in [0.1, 0.15) is 27.8 Å². The fraction of sp³-hybridized carbons (Fsp3) is 0.0127. The third kappa shape index (κ3) is 6.83. The molecule has 0 saturated carbocycles. The molecule has 15 aromatic rings. The molecule has 384 valence electrons. The molecular formula is C79H48N4. The van der Waals surface area contributed by atoms with Crippen LogP contribution in [0.4, 0.5) is 0 Å². The standard InChI is InChI=1S/C79H48N4/c80-49-66-75(82-71-38-34-54(50-19-5-1-6-20-50)43-62(71)63-44-55(35-39-72(63)82)51-21-7-2-8-22-51)47-58(59-29-17-32-69-77(59)60-27-13-15-30-67(60)79(69)68-31-16-14-28-61(68)78-70(79)33-18-42-81-78)48-76(66)83-73-40-36-56(52-23-9-3-10-24-52)45-64(73)65-46-57(37-41-74(65)83)53-25-11-4-12-26-53/h1-48H. The van der Waals surface area contributed by atoms with Crippen molar-refractivity contribution >= 4 is 43.6 Å². The van der Waals surface area contributed by atoms with Crippen LogP contribution >= 0.6 is 0 Å². The van der Waals surface area contributed by atoms with E-state index in [-0.39, 0.29) is 0 Å². The molecule has 3 heterocycles. The first kappa shape index (κ1) is 46.8.